The van der Waals surface area contributed by atoms with Crippen molar-refractivity contribution in [2.75, 3.05) is 38.2 Å². The minimum atomic E-state index is -0.297. The smallest absolute Gasteiger partial charge is 0.230 e. The van der Waals surface area contributed by atoms with Crippen molar-refractivity contribution in [2.45, 2.75) is 35.3 Å². The number of nitrogens with zero attached hydrogens (tertiary/aromatic N) is 2. The topological polar surface area (TPSA) is 32.8 Å². The van der Waals surface area contributed by atoms with E-state index in [4.69, 9.17) is 4.74 Å². The lowest BCUT2D eigenvalue weighted by Crippen LogP contribution is -2.73. The molecular formula is C21H27Br3N2O2. The largest absolute Gasteiger partial charge is 0.497 e. The lowest BCUT2D eigenvalue weighted by molar-refractivity contribution is -0.173. The van der Waals surface area contributed by atoms with Crippen LogP contribution in [0.15, 0.2) is 24.3 Å². The second kappa shape index (κ2) is 7.16. The van der Waals surface area contributed by atoms with Gasteiger partial charge in [0.25, 0.3) is 0 Å². The van der Waals surface area contributed by atoms with E-state index in [-0.39, 0.29) is 24.8 Å². The van der Waals surface area contributed by atoms with E-state index < -0.39 is 0 Å². The zero-order valence-corrected chi connectivity index (χ0v) is 21.3. The van der Waals surface area contributed by atoms with Crippen LogP contribution in [0.25, 0.3) is 0 Å². The minimum absolute atomic E-state index is 0.0456. The summed E-state index contributed by atoms with van der Waals surface area (Å²) in [5.41, 5.74) is 0.924. The number of anilines is 1. The zero-order valence-electron chi connectivity index (χ0n) is 16.6. The first kappa shape index (κ1) is 21.0. The van der Waals surface area contributed by atoms with Gasteiger partial charge in [-0.1, -0.05) is 61.6 Å². The fraction of sp³-hybridized carbons (Fsp3) is 0.667. The van der Waals surface area contributed by atoms with Crippen LogP contribution in [0, 0.1) is 16.2 Å². The molecule has 0 N–H and O–H groups in total. The van der Waals surface area contributed by atoms with Crippen LogP contribution < -0.4 is 9.64 Å². The summed E-state index contributed by atoms with van der Waals surface area (Å²) in [6.45, 7) is 7.85. The summed E-state index contributed by atoms with van der Waals surface area (Å²) < 4.78 is 5.46. The molecule has 7 heteroatoms. The molecule has 3 aliphatic carbocycles. The van der Waals surface area contributed by atoms with Crippen LogP contribution in [0.1, 0.15) is 26.7 Å². The van der Waals surface area contributed by atoms with E-state index in [2.05, 4.69) is 83.6 Å². The number of methoxy groups -OCH3 is 1. The zero-order chi connectivity index (χ0) is 20.3. The van der Waals surface area contributed by atoms with E-state index in [9.17, 15) is 4.79 Å². The molecule has 1 amide bonds. The number of rotatable bonds is 4. The second-order valence-corrected chi connectivity index (χ2v) is 12.8. The first-order valence-electron chi connectivity index (χ1n) is 9.83. The van der Waals surface area contributed by atoms with Crippen molar-refractivity contribution in [3.05, 3.63) is 24.3 Å². The van der Waals surface area contributed by atoms with Gasteiger partial charge in [-0.25, -0.2) is 0 Å². The average Bonchev–Trinajstić information content (AvgIpc) is 3.17. The Morgan fingerprint density at radius 2 is 1.71 bits per heavy atom. The molecule has 2 bridgehead atoms. The Kier molecular flexibility index (Phi) is 5.36. The molecule has 0 unspecified atom stereocenters. The SMILES string of the molecule is COc1ccc(N2CCN(C(=O)[C@@]34CC[C@](C(Br)Br)([C@H]3Br)C4(C)C)CC2)cc1. The molecule has 1 aliphatic heterocycles. The van der Waals surface area contributed by atoms with E-state index in [1.165, 1.54) is 5.69 Å². The Balaban J connectivity index is 1.46. The Hall–Kier alpha value is -0.270. The number of hydrogen-bond donors (Lipinski definition) is 0. The summed E-state index contributed by atoms with van der Waals surface area (Å²) in [5, 5.41) is 0. The number of carbonyl (C=O) groups is 1. The number of benzene rings is 1. The molecule has 3 atom stereocenters. The molecule has 154 valence electrons. The molecule has 5 rings (SSSR count). The first-order valence-corrected chi connectivity index (χ1v) is 12.6. The van der Waals surface area contributed by atoms with E-state index in [1.807, 2.05) is 12.1 Å². The van der Waals surface area contributed by atoms with Crippen molar-refractivity contribution < 1.29 is 9.53 Å². The summed E-state index contributed by atoms with van der Waals surface area (Å²) in [5.74, 6) is 1.20. The third-order valence-corrected chi connectivity index (χ3v) is 11.1. The molecule has 4 nitrogen and oxygen atoms in total. The predicted octanol–water partition coefficient (Wildman–Crippen LogP) is 5.03. The molecule has 1 aromatic carbocycles. The molecule has 3 saturated carbocycles. The fourth-order valence-electron chi connectivity index (χ4n) is 5.91. The lowest BCUT2D eigenvalue weighted by Gasteiger charge is -2.67. The van der Waals surface area contributed by atoms with Gasteiger partial charge in [0.2, 0.25) is 5.91 Å². The fourth-order valence-corrected chi connectivity index (χ4v) is 10.8. The highest BCUT2D eigenvalue weighted by Gasteiger charge is 2.83. The number of ether oxygens (including phenoxy) is 1. The van der Waals surface area contributed by atoms with Gasteiger partial charge in [0.05, 0.1) is 16.3 Å². The maximum atomic E-state index is 13.7. The van der Waals surface area contributed by atoms with Crippen LogP contribution in [0.2, 0.25) is 0 Å². The van der Waals surface area contributed by atoms with Gasteiger partial charge in [-0.2, -0.15) is 0 Å². The number of fused-ring (bicyclic) bond motifs is 1. The Labute approximate surface area is 192 Å². The van der Waals surface area contributed by atoms with Gasteiger partial charge >= 0.3 is 0 Å². The molecule has 1 heterocycles. The highest BCUT2D eigenvalue weighted by Crippen LogP contribution is 2.82. The van der Waals surface area contributed by atoms with Gasteiger partial charge in [-0.15, -0.1) is 0 Å². The van der Waals surface area contributed by atoms with Gasteiger partial charge in [0.15, 0.2) is 0 Å². The average molecular weight is 579 g/mol. The third-order valence-electron chi connectivity index (χ3n) is 7.87. The summed E-state index contributed by atoms with van der Waals surface area (Å²) in [4.78, 5) is 18.4. The lowest BCUT2D eigenvalue weighted by atomic mass is 9.43. The predicted molar refractivity (Wildman–Crippen MR) is 124 cm³/mol. The monoisotopic (exact) mass is 576 g/mol. The van der Waals surface area contributed by atoms with Gasteiger partial charge in [-0.3, -0.25) is 4.79 Å². The van der Waals surface area contributed by atoms with Crippen LogP contribution >= 0.6 is 47.8 Å². The number of hydrogen-bond acceptors (Lipinski definition) is 3. The first-order chi connectivity index (χ1) is 13.2. The number of halogens is 3. The van der Waals surface area contributed by atoms with Crippen LogP contribution in [0.5, 0.6) is 5.75 Å². The number of amides is 1. The van der Waals surface area contributed by atoms with Crippen molar-refractivity contribution in [3.8, 4) is 5.75 Å². The summed E-state index contributed by atoms with van der Waals surface area (Å²) in [6.07, 6.45) is 2.02. The highest BCUT2D eigenvalue weighted by atomic mass is 79.9. The molecule has 28 heavy (non-hydrogen) atoms. The van der Waals surface area contributed by atoms with Crippen LogP contribution in [-0.4, -0.2) is 52.7 Å². The quantitative estimate of drug-likeness (QED) is 0.470. The molecule has 0 aromatic heterocycles. The molecule has 0 radical (unpaired) electrons. The van der Waals surface area contributed by atoms with E-state index in [0.717, 1.165) is 44.8 Å². The van der Waals surface area contributed by atoms with Crippen molar-refractivity contribution in [3.63, 3.8) is 0 Å². The van der Waals surface area contributed by atoms with Crippen LogP contribution in [-0.2, 0) is 4.79 Å². The second-order valence-electron chi connectivity index (χ2n) is 8.78. The third kappa shape index (κ3) is 2.54. The standard InChI is InChI=1S/C21H27Br3N2O2/c1-19(2)20(17(23)24)8-9-21(19,16(20)22)18(27)26-12-10-25(11-13-26)14-4-6-15(28-3)7-5-14/h4-7,16-17H,8-13H2,1-3H3/t16-,20-,21-/m1/s1. The van der Waals surface area contributed by atoms with Crippen molar-refractivity contribution in [1.29, 1.82) is 0 Å². The van der Waals surface area contributed by atoms with Gasteiger partial charge in [0, 0.05) is 42.1 Å². The summed E-state index contributed by atoms with van der Waals surface area (Å²) >= 11 is 11.5. The van der Waals surface area contributed by atoms with Crippen molar-refractivity contribution in [2.24, 2.45) is 16.2 Å². The number of carbonyl (C=O) groups excluding carboxylic acids is 1. The minimum Gasteiger partial charge on any atom is -0.497 e. The van der Waals surface area contributed by atoms with E-state index in [0.29, 0.717) is 5.91 Å². The maximum absolute atomic E-state index is 13.7. The molecule has 0 spiro atoms. The van der Waals surface area contributed by atoms with E-state index >= 15 is 0 Å². The Bertz CT molecular complexity index is 761. The molecule has 4 aliphatic rings. The van der Waals surface area contributed by atoms with Crippen LogP contribution in [0.3, 0.4) is 0 Å². The Morgan fingerprint density at radius 3 is 2.18 bits per heavy atom. The van der Waals surface area contributed by atoms with Gasteiger partial charge < -0.3 is 14.5 Å². The summed E-state index contributed by atoms with van der Waals surface area (Å²) in [7, 11) is 1.68. The molecule has 1 aromatic rings. The van der Waals surface area contributed by atoms with Crippen LogP contribution in [0.4, 0.5) is 5.69 Å². The molecular weight excluding hydrogens is 552 g/mol. The number of alkyl halides is 3. The molecule has 4 fully saturated rings. The van der Waals surface area contributed by atoms with Crippen molar-refractivity contribution in [1.82, 2.24) is 4.90 Å². The highest BCUT2D eigenvalue weighted by molar-refractivity contribution is 9.24. The Morgan fingerprint density at radius 1 is 1.11 bits per heavy atom. The van der Waals surface area contributed by atoms with Crippen molar-refractivity contribution >= 4 is 59.4 Å². The van der Waals surface area contributed by atoms with Gasteiger partial charge in [-0.05, 0) is 42.5 Å². The number of piperazine rings is 1. The maximum Gasteiger partial charge on any atom is 0.230 e. The summed E-state index contributed by atoms with van der Waals surface area (Å²) in [6, 6.07) is 8.17. The van der Waals surface area contributed by atoms with Gasteiger partial charge in [0.1, 0.15) is 5.75 Å². The normalized spacial score (nSPS) is 33.8. The molecule has 1 saturated heterocycles. The van der Waals surface area contributed by atoms with E-state index in [1.54, 1.807) is 7.11 Å².